The van der Waals surface area contributed by atoms with E-state index in [1.54, 1.807) is 0 Å². The molecule has 2 N–H and O–H groups in total. The van der Waals surface area contributed by atoms with Gasteiger partial charge in [0.05, 0.1) is 0 Å². The Bertz CT molecular complexity index is 126. The van der Waals surface area contributed by atoms with Crippen molar-refractivity contribution in [1.29, 1.82) is 0 Å². The van der Waals surface area contributed by atoms with E-state index in [9.17, 15) is 4.21 Å². The van der Waals surface area contributed by atoms with Crippen LogP contribution in [0.4, 0.5) is 0 Å². The van der Waals surface area contributed by atoms with E-state index in [-0.39, 0.29) is 10.8 Å². The van der Waals surface area contributed by atoms with Gasteiger partial charge in [0.15, 0.2) is 0 Å². The van der Waals surface area contributed by atoms with Gasteiger partial charge in [-0.1, -0.05) is 13.8 Å². The molecule has 0 radical (unpaired) electrons. The number of nitrogens with two attached hydrogens (primary N) is 1. The quantitative estimate of drug-likeness (QED) is 0.671. The lowest BCUT2D eigenvalue weighted by molar-refractivity contribution is 0.575. The molecule has 0 amide bonds. The maximum atomic E-state index is 11.2. The Kier molecular flexibility index (Phi) is 3.52. The molecule has 62 valence electrons. The molecule has 0 aliphatic rings. The van der Waals surface area contributed by atoms with E-state index in [4.69, 9.17) is 5.73 Å². The highest BCUT2D eigenvalue weighted by atomic mass is 32.2. The van der Waals surface area contributed by atoms with Crippen molar-refractivity contribution in [2.75, 3.05) is 5.75 Å². The lowest BCUT2D eigenvalue weighted by Crippen LogP contribution is -2.39. The van der Waals surface area contributed by atoms with Crippen LogP contribution in [0.1, 0.15) is 27.7 Å². The van der Waals surface area contributed by atoms with Gasteiger partial charge in [-0.25, -0.2) is 0 Å². The summed E-state index contributed by atoms with van der Waals surface area (Å²) in [5.41, 5.74) is 5.38. The minimum atomic E-state index is -0.766. The van der Waals surface area contributed by atoms with Crippen LogP contribution in [0.15, 0.2) is 0 Å². The Morgan fingerprint density at radius 3 is 2.00 bits per heavy atom. The molecule has 0 heterocycles. The molecule has 0 aliphatic carbocycles. The van der Waals surface area contributed by atoms with Crippen LogP contribution in [-0.4, -0.2) is 20.8 Å². The Hall–Kier alpha value is 0.110. The average Bonchev–Trinajstić information content (AvgIpc) is 1.60. The molecule has 0 aromatic heterocycles. The molecule has 0 rings (SSSR count). The van der Waals surface area contributed by atoms with Crippen LogP contribution >= 0.6 is 0 Å². The molecular weight excluding hydrogens is 146 g/mol. The first kappa shape index (κ1) is 10.1. The van der Waals surface area contributed by atoms with Crippen molar-refractivity contribution >= 4 is 10.8 Å². The molecule has 0 bridgehead atoms. The molecule has 3 heteroatoms. The first-order valence-electron chi connectivity index (χ1n) is 3.49. The zero-order valence-corrected chi connectivity index (χ0v) is 7.99. The van der Waals surface area contributed by atoms with Crippen molar-refractivity contribution in [3.63, 3.8) is 0 Å². The van der Waals surface area contributed by atoms with E-state index in [1.807, 2.05) is 27.7 Å². The molecule has 0 aliphatic heterocycles. The maximum absolute atomic E-state index is 11.2. The van der Waals surface area contributed by atoms with Crippen molar-refractivity contribution in [3.05, 3.63) is 0 Å². The zero-order chi connectivity index (χ0) is 8.36. The van der Waals surface area contributed by atoms with Gasteiger partial charge < -0.3 is 5.73 Å². The Balaban J connectivity index is 3.81. The van der Waals surface area contributed by atoms with Gasteiger partial charge in [0.2, 0.25) is 0 Å². The third kappa shape index (κ3) is 4.94. The van der Waals surface area contributed by atoms with Gasteiger partial charge in [-0.3, -0.25) is 4.21 Å². The molecule has 0 aromatic rings. The van der Waals surface area contributed by atoms with Crippen LogP contribution in [0, 0.1) is 0 Å². The largest absolute Gasteiger partial charge is 0.325 e. The van der Waals surface area contributed by atoms with Crippen LogP contribution < -0.4 is 5.73 Å². The summed E-state index contributed by atoms with van der Waals surface area (Å²) in [5, 5.41) is 0.225. The lowest BCUT2D eigenvalue weighted by Gasteiger charge is -2.18. The van der Waals surface area contributed by atoms with Gasteiger partial charge in [0.25, 0.3) is 0 Å². The summed E-state index contributed by atoms with van der Waals surface area (Å²) < 4.78 is 11.2. The van der Waals surface area contributed by atoms with E-state index >= 15 is 0 Å². The fourth-order valence-corrected chi connectivity index (χ4v) is 1.60. The summed E-state index contributed by atoms with van der Waals surface area (Å²) in [4.78, 5) is 0. The van der Waals surface area contributed by atoms with E-state index in [1.165, 1.54) is 0 Å². The molecule has 0 aromatic carbocycles. The van der Waals surface area contributed by atoms with Crippen LogP contribution in [-0.2, 0) is 10.8 Å². The van der Waals surface area contributed by atoms with E-state index in [2.05, 4.69) is 0 Å². The summed E-state index contributed by atoms with van der Waals surface area (Å²) in [5.74, 6) is 0.588. The standard InChI is InChI=1S/C7H17NOS/c1-6(2)10(9)5-7(3,4)8/h6H,5,8H2,1-4H3. The molecule has 2 nitrogen and oxygen atoms in total. The number of hydrogen-bond donors (Lipinski definition) is 1. The number of rotatable bonds is 3. The van der Waals surface area contributed by atoms with Gasteiger partial charge in [-0.2, -0.15) is 0 Å². The van der Waals surface area contributed by atoms with Gasteiger partial charge >= 0.3 is 0 Å². The molecule has 0 fully saturated rings. The van der Waals surface area contributed by atoms with Gasteiger partial charge in [0, 0.05) is 27.3 Å². The topological polar surface area (TPSA) is 43.1 Å². The smallest absolute Gasteiger partial charge is 0.0412 e. The van der Waals surface area contributed by atoms with Gasteiger partial charge in [-0.15, -0.1) is 0 Å². The predicted molar refractivity (Wildman–Crippen MR) is 46.4 cm³/mol. The van der Waals surface area contributed by atoms with E-state index in [0.29, 0.717) is 5.75 Å². The normalized spacial score (nSPS) is 15.8. The molecule has 1 atom stereocenters. The second-order valence-electron chi connectivity index (χ2n) is 3.56. The lowest BCUT2D eigenvalue weighted by atomic mass is 10.1. The van der Waals surface area contributed by atoms with Crippen molar-refractivity contribution in [2.24, 2.45) is 5.73 Å². The molecule has 0 spiro atoms. The highest BCUT2D eigenvalue weighted by Crippen LogP contribution is 2.03. The first-order valence-corrected chi connectivity index (χ1v) is 4.87. The van der Waals surface area contributed by atoms with Crippen molar-refractivity contribution in [2.45, 2.75) is 38.5 Å². The van der Waals surface area contributed by atoms with Crippen molar-refractivity contribution < 1.29 is 4.21 Å². The van der Waals surface area contributed by atoms with Crippen molar-refractivity contribution in [3.8, 4) is 0 Å². The monoisotopic (exact) mass is 163 g/mol. The first-order chi connectivity index (χ1) is 4.33. The molecule has 10 heavy (non-hydrogen) atoms. The summed E-state index contributed by atoms with van der Waals surface area (Å²) >= 11 is 0. The Morgan fingerprint density at radius 2 is 1.90 bits per heavy atom. The minimum Gasteiger partial charge on any atom is -0.325 e. The molecular formula is C7H17NOS. The molecule has 1 unspecified atom stereocenters. The fourth-order valence-electron chi connectivity index (χ4n) is 0.533. The van der Waals surface area contributed by atoms with Gasteiger partial charge in [-0.05, 0) is 13.8 Å². The fraction of sp³-hybridized carbons (Fsp3) is 1.00. The average molecular weight is 163 g/mol. The Labute approximate surface area is 65.6 Å². The summed E-state index contributed by atoms with van der Waals surface area (Å²) in [6, 6.07) is 0. The predicted octanol–water partition coefficient (Wildman–Crippen LogP) is 0.881. The summed E-state index contributed by atoms with van der Waals surface area (Å²) in [6.07, 6.45) is 0. The van der Waals surface area contributed by atoms with Crippen molar-refractivity contribution in [1.82, 2.24) is 0 Å². The summed E-state index contributed by atoms with van der Waals surface area (Å²) in [7, 11) is -0.766. The highest BCUT2D eigenvalue weighted by molar-refractivity contribution is 7.85. The van der Waals surface area contributed by atoms with E-state index < -0.39 is 10.8 Å². The SMILES string of the molecule is CC(C)S(=O)CC(C)(C)N. The highest BCUT2D eigenvalue weighted by Gasteiger charge is 2.16. The third-order valence-electron chi connectivity index (χ3n) is 1.04. The van der Waals surface area contributed by atoms with Crippen LogP contribution in [0.5, 0.6) is 0 Å². The second-order valence-corrected chi connectivity index (χ2v) is 5.56. The van der Waals surface area contributed by atoms with Crippen LogP contribution in [0.2, 0.25) is 0 Å². The van der Waals surface area contributed by atoms with E-state index in [0.717, 1.165) is 0 Å². The Morgan fingerprint density at radius 1 is 1.50 bits per heavy atom. The van der Waals surface area contributed by atoms with Crippen LogP contribution in [0.3, 0.4) is 0 Å². The number of hydrogen-bond acceptors (Lipinski definition) is 2. The zero-order valence-electron chi connectivity index (χ0n) is 7.18. The maximum Gasteiger partial charge on any atom is 0.0412 e. The second kappa shape index (κ2) is 3.49. The summed E-state index contributed by atoms with van der Waals surface area (Å²) in [6.45, 7) is 7.68. The van der Waals surface area contributed by atoms with Gasteiger partial charge in [0.1, 0.15) is 0 Å². The molecule has 0 saturated carbocycles. The third-order valence-corrected chi connectivity index (χ3v) is 3.12. The minimum absolute atomic E-state index is 0.225. The molecule has 0 saturated heterocycles. The van der Waals surface area contributed by atoms with Crippen LogP contribution in [0.25, 0.3) is 0 Å².